The molecule has 0 aromatic rings. The fourth-order valence-electron chi connectivity index (χ4n) is 2.87. The third-order valence-corrected chi connectivity index (χ3v) is 3.79. The summed E-state index contributed by atoms with van der Waals surface area (Å²) in [7, 11) is 0. The van der Waals surface area contributed by atoms with E-state index in [0.717, 1.165) is 32.2 Å². The van der Waals surface area contributed by atoms with Crippen molar-refractivity contribution in [3.8, 4) is 0 Å². The first kappa shape index (κ1) is 15.9. The Balaban J connectivity index is 2.47. The standard InChI is InChI=1S/C15H32N2O/c1-6-18-8-7-17-11-14(9-12(2)3)16-10-15(17)13(4)5/h12-16H,6-11H2,1-5H3. The van der Waals surface area contributed by atoms with Crippen LogP contribution in [0.15, 0.2) is 0 Å². The van der Waals surface area contributed by atoms with Crippen LogP contribution in [0.4, 0.5) is 0 Å². The number of rotatable bonds is 7. The van der Waals surface area contributed by atoms with Crippen LogP contribution < -0.4 is 5.32 Å². The maximum atomic E-state index is 5.52. The maximum Gasteiger partial charge on any atom is 0.0593 e. The van der Waals surface area contributed by atoms with Crippen molar-refractivity contribution in [1.82, 2.24) is 10.2 Å². The van der Waals surface area contributed by atoms with Crippen molar-refractivity contribution < 1.29 is 4.74 Å². The molecule has 1 N–H and O–H groups in total. The first-order valence-corrected chi connectivity index (χ1v) is 7.59. The van der Waals surface area contributed by atoms with Crippen LogP contribution in [0.1, 0.15) is 41.0 Å². The molecular weight excluding hydrogens is 224 g/mol. The zero-order valence-electron chi connectivity index (χ0n) is 12.9. The van der Waals surface area contributed by atoms with Crippen molar-refractivity contribution in [1.29, 1.82) is 0 Å². The minimum absolute atomic E-state index is 0.654. The number of hydrogen-bond donors (Lipinski definition) is 1. The van der Waals surface area contributed by atoms with E-state index in [1.165, 1.54) is 13.0 Å². The largest absolute Gasteiger partial charge is 0.380 e. The molecule has 0 radical (unpaired) electrons. The topological polar surface area (TPSA) is 24.5 Å². The molecule has 0 spiro atoms. The monoisotopic (exact) mass is 256 g/mol. The molecule has 108 valence electrons. The van der Waals surface area contributed by atoms with E-state index in [4.69, 9.17) is 4.74 Å². The molecule has 3 heteroatoms. The lowest BCUT2D eigenvalue weighted by molar-refractivity contribution is 0.0510. The minimum atomic E-state index is 0.654. The Morgan fingerprint density at radius 3 is 2.56 bits per heavy atom. The van der Waals surface area contributed by atoms with Crippen LogP contribution in [-0.4, -0.2) is 49.8 Å². The Morgan fingerprint density at radius 1 is 1.28 bits per heavy atom. The average molecular weight is 256 g/mol. The summed E-state index contributed by atoms with van der Waals surface area (Å²) < 4.78 is 5.52. The van der Waals surface area contributed by atoms with E-state index in [1.54, 1.807) is 0 Å². The lowest BCUT2D eigenvalue weighted by Crippen LogP contribution is -2.59. The van der Waals surface area contributed by atoms with E-state index in [-0.39, 0.29) is 0 Å². The summed E-state index contributed by atoms with van der Waals surface area (Å²) in [6.07, 6.45) is 1.27. The second-order valence-electron chi connectivity index (χ2n) is 6.24. The highest BCUT2D eigenvalue weighted by atomic mass is 16.5. The van der Waals surface area contributed by atoms with Crippen molar-refractivity contribution in [2.75, 3.05) is 32.8 Å². The van der Waals surface area contributed by atoms with Crippen LogP contribution in [0.5, 0.6) is 0 Å². The third kappa shape index (κ3) is 5.25. The fourth-order valence-corrected chi connectivity index (χ4v) is 2.87. The molecule has 2 unspecified atom stereocenters. The summed E-state index contributed by atoms with van der Waals surface area (Å²) >= 11 is 0. The molecule has 0 aromatic heterocycles. The van der Waals surface area contributed by atoms with Gasteiger partial charge in [-0.2, -0.15) is 0 Å². The quantitative estimate of drug-likeness (QED) is 0.708. The molecule has 0 aliphatic carbocycles. The van der Waals surface area contributed by atoms with Crippen LogP contribution in [0.3, 0.4) is 0 Å². The van der Waals surface area contributed by atoms with Crippen LogP contribution in [0, 0.1) is 11.8 Å². The van der Waals surface area contributed by atoms with Gasteiger partial charge >= 0.3 is 0 Å². The zero-order valence-corrected chi connectivity index (χ0v) is 12.9. The second-order valence-corrected chi connectivity index (χ2v) is 6.24. The van der Waals surface area contributed by atoms with Crippen LogP contribution >= 0.6 is 0 Å². The zero-order chi connectivity index (χ0) is 13.5. The van der Waals surface area contributed by atoms with Gasteiger partial charge in [0.15, 0.2) is 0 Å². The van der Waals surface area contributed by atoms with Gasteiger partial charge in [0, 0.05) is 38.3 Å². The summed E-state index contributed by atoms with van der Waals surface area (Å²) in [5.74, 6) is 1.48. The molecule has 0 saturated carbocycles. The van der Waals surface area contributed by atoms with Gasteiger partial charge in [-0.15, -0.1) is 0 Å². The lowest BCUT2D eigenvalue weighted by atomic mass is 9.95. The summed E-state index contributed by atoms with van der Waals surface area (Å²) in [6.45, 7) is 16.4. The van der Waals surface area contributed by atoms with Gasteiger partial charge in [0.2, 0.25) is 0 Å². The number of ether oxygens (including phenoxy) is 1. The van der Waals surface area contributed by atoms with Crippen molar-refractivity contribution in [3.05, 3.63) is 0 Å². The molecule has 1 aliphatic rings. The van der Waals surface area contributed by atoms with E-state index >= 15 is 0 Å². The van der Waals surface area contributed by atoms with E-state index < -0.39 is 0 Å². The van der Waals surface area contributed by atoms with Crippen molar-refractivity contribution in [2.24, 2.45) is 11.8 Å². The van der Waals surface area contributed by atoms with Crippen molar-refractivity contribution in [2.45, 2.75) is 53.1 Å². The van der Waals surface area contributed by atoms with Gasteiger partial charge < -0.3 is 10.1 Å². The van der Waals surface area contributed by atoms with Gasteiger partial charge in [-0.1, -0.05) is 27.7 Å². The first-order chi connectivity index (χ1) is 8.54. The second kappa shape index (κ2) is 8.13. The summed E-state index contributed by atoms with van der Waals surface area (Å²) in [5, 5.41) is 3.72. The lowest BCUT2D eigenvalue weighted by Gasteiger charge is -2.43. The van der Waals surface area contributed by atoms with Gasteiger partial charge in [-0.3, -0.25) is 4.90 Å². The van der Waals surface area contributed by atoms with Gasteiger partial charge in [0.05, 0.1) is 6.61 Å². The number of hydrogen-bond acceptors (Lipinski definition) is 3. The molecule has 3 nitrogen and oxygen atoms in total. The van der Waals surface area contributed by atoms with E-state index in [2.05, 4.69) is 44.8 Å². The Kier molecular flexibility index (Phi) is 7.20. The fraction of sp³-hybridized carbons (Fsp3) is 1.00. The molecule has 0 aromatic carbocycles. The smallest absolute Gasteiger partial charge is 0.0593 e. The SMILES string of the molecule is CCOCCN1CC(CC(C)C)NCC1C(C)C. The van der Waals surface area contributed by atoms with Gasteiger partial charge in [0.25, 0.3) is 0 Å². The molecule has 0 amide bonds. The van der Waals surface area contributed by atoms with Crippen molar-refractivity contribution >= 4 is 0 Å². The molecule has 1 fully saturated rings. The molecule has 1 saturated heterocycles. The molecule has 2 atom stereocenters. The van der Waals surface area contributed by atoms with Crippen LogP contribution in [0.2, 0.25) is 0 Å². The van der Waals surface area contributed by atoms with E-state index in [1.807, 2.05) is 0 Å². The Morgan fingerprint density at radius 2 is 2.00 bits per heavy atom. The van der Waals surface area contributed by atoms with E-state index in [9.17, 15) is 0 Å². The molecular formula is C15H32N2O. The third-order valence-electron chi connectivity index (χ3n) is 3.79. The predicted octanol–water partition coefficient (Wildman–Crippen LogP) is 2.37. The predicted molar refractivity (Wildman–Crippen MR) is 77.9 cm³/mol. The summed E-state index contributed by atoms with van der Waals surface area (Å²) in [5.41, 5.74) is 0. The Bertz CT molecular complexity index is 219. The molecule has 1 rings (SSSR count). The maximum absolute atomic E-state index is 5.52. The summed E-state index contributed by atoms with van der Waals surface area (Å²) in [4.78, 5) is 2.63. The Hall–Kier alpha value is -0.120. The van der Waals surface area contributed by atoms with Crippen LogP contribution in [-0.2, 0) is 4.74 Å². The van der Waals surface area contributed by atoms with E-state index in [0.29, 0.717) is 18.0 Å². The number of nitrogens with one attached hydrogen (secondary N) is 1. The highest BCUT2D eigenvalue weighted by molar-refractivity contribution is 4.88. The first-order valence-electron chi connectivity index (χ1n) is 7.59. The number of nitrogens with zero attached hydrogens (tertiary/aromatic N) is 1. The summed E-state index contributed by atoms with van der Waals surface area (Å²) in [6, 6.07) is 1.32. The van der Waals surface area contributed by atoms with Gasteiger partial charge in [-0.25, -0.2) is 0 Å². The molecule has 18 heavy (non-hydrogen) atoms. The Labute approximate surface area is 113 Å². The molecule has 1 aliphatic heterocycles. The van der Waals surface area contributed by atoms with Crippen LogP contribution in [0.25, 0.3) is 0 Å². The normalized spacial score (nSPS) is 26.2. The average Bonchev–Trinajstić information content (AvgIpc) is 2.28. The van der Waals surface area contributed by atoms with Gasteiger partial charge in [0.1, 0.15) is 0 Å². The molecule has 0 bridgehead atoms. The van der Waals surface area contributed by atoms with Crippen molar-refractivity contribution in [3.63, 3.8) is 0 Å². The minimum Gasteiger partial charge on any atom is -0.380 e. The highest BCUT2D eigenvalue weighted by Gasteiger charge is 2.29. The number of piperazine rings is 1. The molecule has 1 heterocycles. The van der Waals surface area contributed by atoms with Gasteiger partial charge in [-0.05, 0) is 25.2 Å². The highest BCUT2D eigenvalue weighted by Crippen LogP contribution is 2.18.